The van der Waals surface area contributed by atoms with Crippen molar-refractivity contribution in [2.45, 2.75) is 12.5 Å². The second-order valence-corrected chi connectivity index (χ2v) is 4.50. The van der Waals surface area contributed by atoms with Crippen LogP contribution in [-0.4, -0.2) is 32.1 Å². The number of rotatable bonds is 5. The lowest BCUT2D eigenvalue weighted by Crippen LogP contribution is -2.64. The number of hydrogen-bond donors (Lipinski definition) is 0. The molecule has 5 nitrogen and oxygen atoms in total. The number of ether oxygens (including phenoxy) is 2. The molecule has 1 fully saturated rings. The fourth-order valence-electron chi connectivity index (χ4n) is 2.40. The Hall–Kier alpha value is -2.30. The molecule has 106 valence electrons. The van der Waals surface area contributed by atoms with Crippen molar-refractivity contribution in [1.82, 2.24) is 0 Å². The van der Waals surface area contributed by atoms with Crippen LogP contribution in [-0.2, 0) is 14.3 Å². The molecule has 1 heterocycles. The Morgan fingerprint density at radius 1 is 1.35 bits per heavy atom. The highest BCUT2D eigenvalue weighted by Gasteiger charge is 2.52. The van der Waals surface area contributed by atoms with E-state index in [4.69, 9.17) is 4.74 Å². The molecule has 0 saturated carbocycles. The molecular weight excluding hydrogens is 258 g/mol. The van der Waals surface area contributed by atoms with Crippen molar-refractivity contribution in [1.29, 1.82) is 0 Å². The summed E-state index contributed by atoms with van der Waals surface area (Å²) in [6, 6.07) is 6.90. The maximum Gasteiger partial charge on any atom is 0.320 e. The van der Waals surface area contributed by atoms with Gasteiger partial charge in [-0.1, -0.05) is 6.08 Å². The molecule has 2 atom stereocenters. The fourth-order valence-corrected chi connectivity index (χ4v) is 2.40. The molecule has 1 aliphatic heterocycles. The molecule has 20 heavy (non-hydrogen) atoms. The average molecular weight is 275 g/mol. The first-order valence-electron chi connectivity index (χ1n) is 6.30. The van der Waals surface area contributed by atoms with Crippen molar-refractivity contribution in [3.63, 3.8) is 0 Å². The average Bonchev–Trinajstić information content (AvgIpc) is 2.47. The van der Waals surface area contributed by atoms with Crippen molar-refractivity contribution in [3.05, 3.63) is 36.9 Å². The van der Waals surface area contributed by atoms with Gasteiger partial charge >= 0.3 is 5.97 Å². The second kappa shape index (κ2) is 5.77. The minimum atomic E-state index is -0.736. The molecule has 0 unspecified atom stereocenters. The number of anilines is 1. The van der Waals surface area contributed by atoms with Crippen LogP contribution in [0.1, 0.15) is 6.42 Å². The third-order valence-corrected chi connectivity index (χ3v) is 3.43. The van der Waals surface area contributed by atoms with Crippen LogP contribution in [0.2, 0.25) is 0 Å². The van der Waals surface area contributed by atoms with Crippen molar-refractivity contribution < 1.29 is 19.1 Å². The first-order chi connectivity index (χ1) is 9.63. The molecule has 1 amide bonds. The predicted molar refractivity (Wildman–Crippen MR) is 74.6 cm³/mol. The normalized spacial score (nSPS) is 21.1. The van der Waals surface area contributed by atoms with Crippen LogP contribution in [0.3, 0.4) is 0 Å². The van der Waals surface area contributed by atoms with Crippen LogP contribution in [0.5, 0.6) is 5.75 Å². The lowest BCUT2D eigenvalue weighted by Gasteiger charge is -2.45. The summed E-state index contributed by atoms with van der Waals surface area (Å²) in [5.41, 5.74) is 0.739. The summed E-state index contributed by atoms with van der Waals surface area (Å²) in [5, 5.41) is 0. The molecule has 0 N–H and O–H groups in total. The van der Waals surface area contributed by atoms with E-state index in [0.717, 1.165) is 5.69 Å². The number of esters is 1. The van der Waals surface area contributed by atoms with Crippen LogP contribution in [0, 0.1) is 5.92 Å². The van der Waals surface area contributed by atoms with Gasteiger partial charge < -0.3 is 14.4 Å². The third kappa shape index (κ3) is 2.27. The van der Waals surface area contributed by atoms with E-state index in [1.54, 1.807) is 42.4 Å². The molecule has 5 heteroatoms. The molecule has 1 saturated heterocycles. The van der Waals surface area contributed by atoms with Crippen molar-refractivity contribution in [2.75, 3.05) is 19.1 Å². The fraction of sp³-hybridized carbons (Fsp3) is 0.333. The summed E-state index contributed by atoms with van der Waals surface area (Å²) in [6.45, 7) is 3.67. The summed E-state index contributed by atoms with van der Waals surface area (Å²) < 4.78 is 9.77. The van der Waals surface area contributed by atoms with Crippen molar-refractivity contribution >= 4 is 17.6 Å². The highest BCUT2D eigenvalue weighted by atomic mass is 16.5. The number of carbonyl (C=O) groups is 2. The number of nitrogens with zero attached hydrogens (tertiary/aromatic N) is 1. The zero-order valence-electron chi connectivity index (χ0n) is 11.5. The largest absolute Gasteiger partial charge is 0.497 e. The van der Waals surface area contributed by atoms with E-state index in [1.165, 1.54) is 7.11 Å². The van der Waals surface area contributed by atoms with Gasteiger partial charge in [-0.15, -0.1) is 6.58 Å². The monoisotopic (exact) mass is 275 g/mol. The van der Waals surface area contributed by atoms with E-state index in [1.807, 2.05) is 0 Å². The van der Waals surface area contributed by atoms with Gasteiger partial charge in [0.15, 0.2) is 5.92 Å². The molecule has 0 spiro atoms. The number of hydrogen-bond acceptors (Lipinski definition) is 4. The minimum Gasteiger partial charge on any atom is -0.497 e. The van der Waals surface area contributed by atoms with Gasteiger partial charge in [0.1, 0.15) is 5.75 Å². The number of benzene rings is 1. The SMILES string of the molecule is C=CC[C@@H]1[C@@H](C(=O)OC)C(=O)N1c1ccc(OC)cc1. The van der Waals surface area contributed by atoms with Gasteiger partial charge in [-0.2, -0.15) is 0 Å². The molecular formula is C15H17NO4. The summed E-state index contributed by atoms with van der Waals surface area (Å²) >= 11 is 0. The summed E-state index contributed by atoms with van der Waals surface area (Å²) in [6.07, 6.45) is 2.24. The van der Waals surface area contributed by atoms with E-state index >= 15 is 0 Å². The zero-order chi connectivity index (χ0) is 14.7. The zero-order valence-corrected chi connectivity index (χ0v) is 11.5. The van der Waals surface area contributed by atoms with Gasteiger partial charge in [0.05, 0.1) is 20.3 Å². The Labute approximate surface area is 117 Å². The molecule has 0 aliphatic carbocycles. The van der Waals surface area contributed by atoms with E-state index in [9.17, 15) is 9.59 Å². The molecule has 0 bridgehead atoms. The van der Waals surface area contributed by atoms with Crippen LogP contribution < -0.4 is 9.64 Å². The van der Waals surface area contributed by atoms with Gasteiger partial charge in [0, 0.05) is 5.69 Å². The Balaban J connectivity index is 2.24. The summed E-state index contributed by atoms with van der Waals surface area (Å²) in [5.74, 6) is -0.757. The van der Waals surface area contributed by atoms with Gasteiger partial charge in [0.25, 0.3) is 0 Å². The van der Waals surface area contributed by atoms with Crippen LogP contribution in [0.4, 0.5) is 5.69 Å². The maximum absolute atomic E-state index is 12.2. The Bertz CT molecular complexity index is 523. The van der Waals surface area contributed by atoms with Crippen LogP contribution in [0.15, 0.2) is 36.9 Å². The lowest BCUT2D eigenvalue weighted by molar-refractivity contribution is -0.154. The quantitative estimate of drug-likeness (QED) is 0.356. The maximum atomic E-state index is 12.2. The molecule has 1 aliphatic rings. The molecule has 0 aromatic heterocycles. The van der Waals surface area contributed by atoms with E-state index in [-0.39, 0.29) is 11.9 Å². The highest BCUT2D eigenvalue weighted by Crippen LogP contribution is 2.36. The van der Waals surface area contributed by atoms with Crippen LogP contribution in [0.25, 0.3) is 0 Å². The van der Waals surface area contributed by atoms with E-state index in [2.05, 4.69) is 11.3 Å². The van der Waals surface area contributed by atoms with Crippen LogP contribution >= 0.6 is 0 Å². The number of amides is 1. The second-order valence-electron chi connectivity index (χ2n) is 4.50. The molecule has 0 radical (unpaired) electrons. The van der Waals surface area contributed by atoms with Gasteiger partial charge in [0.2, 0.25) is 5.91 Å². The van der Waals surface area contributed by atoms with Crippen molar-refractivity contribution in [3.8, 4) is 5.75 Å². The first kappa shape index (κ1) is 14.1. The topological polar surface area (TPSA) is 55.8 Å². The smallest absolute Gasteiger partial charge is 0.320 e. The van der Waals surface area contributed by atoms with Gasteiger partial charge in [-0.3, -0.25) is 9.59 Å². The number of β-lactam (4-membered cyclic amide) rings is 1. The lowest BCUT2D eigenvalue weighted by atomic mass is 9.84. The van der Waals surface area contributed by atoms with Gasteiger partial charge in [-0.05, 0) is 30.7 Å². The predicted octanol–water partition coefficient (Wildman–Crippen LogP) is 1.78. The molecule has 2 rings (SSSR count). The Morgan fingerprint density at radius 2 is 2.00 bits per heavy atom. The van der Waals surface area contributed by atoms with Crippen molar-refractivity contribution in [2.24, 2.45) is 5.92 Å². The number of carbonyl (C=O) groups excluding carboxylic acids is 2. The van der Waals surface area contributed by atoms with E-state index < -0.39 is 11.9 Å². The van der Waals surface area contributed by atoms with E-state index in [0.29, 0.717) is 12.2 Å². The third-order valence-electron chi connectivity index (χ3n) is 3.43. The Morgan fingerprint density at radius 3 is 2.50 bits per heavy atom. The highest BCUT2D eigenvalue weighted by molar-refractivity contribution is 6.13. The summed E-state index contributed by atoms with van der Waals surface area (Å²) in [7, 11) is 2.87. The molecule has 1 aromatic rings. The number of methoxy groups -OCH3 is 2. The Kier molecular flexibility index (Phi) is 4.08. The summed E-state index contributed by atoms with van der Waals surface area (Å²) in [4.78, 5) is 25.4. The first-order valence-corrected chi connectivity index (χ1v) is 6.30. The minimum absolute atomic E-state index is 0.235. The van der Waals surface area contributed by atoms with Gasteiger partial charge in [-0.25, -0.2) is 0 Å². The standard InChI is InChI=1S/C15H17NO4/c1-4-5-12-13(15(18)20-3)14(17)16(12)10-6-8-11(19-2)9-7-10/h4,6-9,12-13H,1,5H2,2-3H3/t12-,13-/m1/s1. The molecule has 1 aromatic carbocycles.